The van der Waals surface area contributed by atoms with Gasteiger partial charge in [0.2, 0.25) is 5.91 Å². The molecule has 0 aliphatic rings. The number of esters is 1. The van der Waals surface area contributed by atoms with E-state index >= 15 is 0 Å². The minimum absolute atomic E-state index is 0.0172. The van der Waals surface area contributed by atoms with E-state index in [0.717, 1.165) is 64.2 Å². The van der Waals surface area contributed by atoms with Crippen LogP contribution < -0.4 is 5.32 Å². The molecule has 2 unspecified atom stereocenters. The summed E-state index contributed by atoms with van der Waals surface area (Å²) < 4.78 is 5.47. The minimum atomic E-state index is -0.853. The summed E-state index contributed by atoms with van der Waals surface area (Å²) in [5.41, 5.74) is 0. The highest BCUT2D eigenvalue weighted by atomic mass is 16.5. The largest absolute Gasteiger partial charge is 0.466 e. The van der Waals surface area contributed by atoms with Crippen LogP contribution in [-0.4, -0.2) is 47.4 Å². The Hall–Kier alpha value is -1.92. The lowest BCUT2D eigenvalue weighted by molar-refractivity contribution is -0.143. The topological polar surface area (TPSA) is 95.9 Å². The van der Waals surface area contributed by atoms with Crippen LogP contribution in [0.4, 0.5) is 0 Å². The predicted molar refractivity (Wildman–Crippen MR) is 292 cm³/mol. The Kier molecular flexibility index (Phi) is 55.0. The molecule has 0 aliphatic carbocycles. The molecule has 394 valence electrons. The Labute approximate surface area is 417 Å². The molecule has 0 fully saturated rings. The molecule has 0 aliphatic heterocycles. The molecule has 0 aromatic rings. The Morgan fingerprint density at radius 1 is 0.418 bits per heavy atom. The normalized spacial score (nSPS) is 12.8. The van der Waals surface area contributed by atoms with Crippen LogP contribution in [0.15, 0.2) is 36.5 Å². The lowest BCUT2D eigenvalue weighted by Gasteiger charge is -2.20. The van der Waals surface area contributed by atoms with E-state index in [2.05, 4.69) is 43.5 Å². The smallest absolute Gasteiger partial charge is 0.305 e. The maximum absolute atomic E-state index is 12.5. The molecule has 6 nitrogen and oxygen atoms in total. The molecular formula is C61H115NO5. The number of rotatable bonds is 55. The summed E-state index contributed by atoms with van der Waals surface area (Å²) in [6.45, 7) is 4.86. The molecule has 3 N–H and O–H groups in total. The van der Waals surface area contributed by atoms with E-state index in [1.165, 1.54) is 225 Å². The van der Waals surface area contributed by atoms with Gasteiger partial charge in [0.25, 0.3) is 0 Å². The molecule has 6 heteroatoms. The predicted octanol–water partition coefficient (Wildman–Crippen LogP) is 18.4. The highest BCUT2D eigenvalue weighted by molar-refractivity contribution is 5.76. The molecule has 67 heavy (non-hydrogen) atoms. The molecule has 0 bridgehead atoms. The van der Waals surface area contributed by atoms with Crippen LogP contribution in [0.2, 0.25) is 0 Å². The Balaban J connectivity index is 3.48. The molecule has 0 spiro atoms. The summed E-state index contributed by atoms with van der Waals surface area (Å²) in [5, 5.41) is 23.2. The van der Waals surface area contributed by atoms with Crippen molar-refractivity contribution >= 4 is 11.9 Å². The second-order valence-corrected chi connectivity index (χ2v) is 20.3. The maximum atomic E-state index is 12.5. The summed E-state index contributed by atoms with van der Waals surface area (Å²) in [6, 6.07) is -0.638. The van der Waals surface area contributed by atoms with E-state index < -0.39 is 12.1 Å². The van der Waals surface area contributed by atoms with Gasteiger partial charge in [0.1, 0.15) is 0 Å². The third-order valence-electron chi connectivity index (χ3n) is 13.7. The first kappa shape index (κ1) is 65.1. The zero-order valence-corrected chi connectivity index (χ0v) is 44.9. The van der Waals surface area contributed by atoms with E-state index in [1.54, 1.807) is 6.08 Å². The van der Waals surface area contributed by atoms with Gasteiger partial charge in [-0.1, -0.05) is 275 Å². The van der Waals surface area contributed by atoms with Gasteiger partial charge in [0.05, 0.1) is 25.4 Å². The molecule has 0 rings (SSSR count). The van der Waals surface area contributed by atoms with E-state index in [-0.39, 0.29) is 18.5 Å². The molecule has 2 atom stereocenters. The van der Waals surface area contributed by atoms with E-state index in [4.69, 9.17) is 4.74 Å². The number of unbranched alkanes of at least 4 members (excludes halogenated alkanes) is 40. The van der Waals surface area contributed by atoms with Crippen LogP contribution in [0.25, 0.3) is 0 Å². The molecule has 0 heterocycles. The number of hydrogen-bond acceptors (Lipinski definition) is 5. The van der Waals surface area contributed by atoms with Crippen molar-refractivity contribution in [2.75, 3.05) is 13.2 Å². The van der Waals surface area contributed by atoms with Crippen molar-refractivity contribution < 1.29 is 24.5 Å². The Morgan fingerprint density at radius 3 is 1.16 bits per heavy atom. The highest BCUT2D eigenvalue weighted by Gasteiger charge is 2.18. The van der Waals surface area contributed by atoms with Crippen molar-refractivity contribution in [2.45, 2.75) is 328 Å². The zero-order chi connectivity index (χ0) is 48.6. The van der Waals surface area contributed by atoms with Crippen LogP contribution in [0.5, 0.6) is 0 Å². The third kappa shape index (κ3) is 53.3. The zero-order valence-electron chi connectivity index (χ0n) is 44.9. The third-order valence-corrected chi connectivity index (χ3v) is 13.7. The Bertz CT molecular complexity index is 1090. The lowest BCUT2D eigenvalue weighted by Crippen LogP contribution is -2.45. The van der Waals surface area contributed by atoms with E-state index in [1.807, 2.05) is 6.08 Å². The first-order valence-corrected chi connectivity index (χ1v) is 29.8. The lowest BCUT2D eigenvalue weighted by atomic mass is 10.0. The van der Waals surface area contributed by atoms with Crippen molar-refractivity contribution in [2.24, 2.45) is 0 Å². The fraction of sp³-hybridized carbons (Fsp3) is 0.869. The summed E-state index contributed by atoms with van der Waals surface area (Å²) in [5.74, 6) is -0.0941. The van der Waals surface area contributed by atoms with Gasteiger partial charge in [0.15, 0.2) is 0 Å². The highest BCUT2D eigenvalue weighted by Crippen LogP contribution is 2.17. The number of hydrogen-bond donors (Lipinski definition) is 3. The van der Waals surface area contributed by atoms with Gasteiger partial charge in [-0.15, -0.1) is 0 Å². The summed E-state index contributed by atoms with van der Waals surface area (Å²) in [4.78, 5) is 24.5. The van der Waals surface area contributed by atoms with Gasteiger partial charge in [-0.25, -0.2) is 0 Å². The van der Waals surface area contributed by atoms with Crippen molar-refractivity contribution in [1.29, 1.82) is 0 Å². The van der Waals surface area contributed by atoms with Crippen LogP contribution >= 0.6 is 0 Å². The molecule has 0 aromatic carbocycles. The first-order chi connectivity index (χ1) is 33.0. The average Bonchev–Trinajstić information content (AvgIpc) is 3.33. The van der Waals surface area contributed by atoms with E-state index in [9.17, 15) is 19.8 Å². The molecule has 0 aromatic heterocycles. The summed E-state index contributed by atoms with van der Waals surface area (Å²) in [6.07, 6.45) is 70.2. The van der Waals surface area contributed by atoms with Gasteiger partial charge < -0.3 is 20.3 Å². The van der Waals surface area contributed by atoms with Crippen molar-refractivity contribution in [3.63, 3.8) is 0 Å². The monoisotopic (exact) mass is 942 g/mol. The van der Waals surface area contributed by atoms with Crippen molar-refractivity contribution in [3.05, 3.63) is 36.5 Å². The molecule has 0 radical (unpaired) electrons. The number of aliphatic hydroxyl groups excluding tert-OH is 2. The van der Waals surface area contributed by atoms with E-state index in [0.29, 0.717) is 19.4 Å². The van der Waals surface area contributed by atoms with Crippen LogP contribution in [0, 0.1) is 0 Å². The maximum Gasteiger partial charge on any atom is 0.305 e. The fourth-order valence-corrected chi connectivity index (χ4v) is 9.08. The number of aliphatic hydroxyl groups is 2. The fourth-order valence-electron chi connectivity index (χ4n) is 9.08. The number of ether oxygens (including phenoxy) is 1. The number of nitrogens with one attached hydrogen (secondary N) is 1. The number of allylic oxidation sites excluding steroid dienone is 5. The van der Waals surface area contributed by atoms with Crippen LogP contribution in [-0.2, 0) is 14.3 Å². The second kappa shape index (κ2) is 56.7. The quantitative estimate of drug-likeness (QED) is 0.0321. The summed E-state index contributed by atoms with van der Waals surface area (Å²) in [7, 11) is 0. The number of carbonyl (C=O) groups is 2. The standard InChI is InChI=1S/C61H115NO5/c1-3-5-7-9-11-13-15-17-19-20-21-22-23-24-26-29-33-37-41-45-49-53-59(64)58(57-63)62-60(65)54-50-46-42-38-34-30-27-28-32-36-40-44-48-52-56-67-61(66)55-51-47-43-39-35-31-25-18-16-14-12-10-8-6-4-2/h12,14,18,25,49,53,58-59,63-64H,3-11,13,15-17,19-24,26-48,50-52,54-57H2,1-2H3,(H,62,65)/b14-12-,25-18-,53-49+. The average molecular weight is 943 g/mol. The van der Waals surface area contributed by atoms with Crippen molar-refractivity contribution in [3.8, 4) is 0 Å². The SMILES string of the molecule is CCCCC/C=C\C/C=C\CCCCCCCC(=O)OCCCCCCCCCCCCCCCCC(=O)NC(CO)C(O)/C=C/CCCCCCCCCCCCCCCCCCCCC. The minimum Gasteiger partial charge on any atom is -0.466 e. The number of carbonyl (C=O) groups excluding carboxylic acids is 2. The van der Waals surface area contributed by atoms with Gasteiger partial charge in [-0.3, -0.25) is 9.59 Å². The molecule has 1 amide bonds. The van der Waals surface area contributed by atoms with Gasteiger partial charge in [-0.2, -0.15) is 0 Å². The van der Waals surface area contributed by atoms with Gasteiger partial charge in [0, 0.05) is 12.8 Å². The van der Waals surface area contributed by atoms with Crippen molar-refractivity contribution in [1.82, 2.24) is 5.32 Å². The van der Waals surface area contributed by atoms with Crippen LogP contribution in [0.1, 0.15) is 316 Å². The molecule has 0 saturated carbocycles. The van der Waals surface area contributed by atoms with Crippen LogP contribution in [0.3, 0.4) is 0 Å². The van der Waals surface area contributed by atoms with Gasteiger partial charge >= 0.3 is 5.97 Å². The molecular weight excluding hydrogens is 827 g/mol. The molecule has 0 saturated heterocycles. The Morgan fingerprint density at radius 2 is 0.746 bits per heavy atom. The first-order valence-electron chi connectivity index (χ1n) is 29.8. The van der Waals surface area contributed by atoms with Gasteiger partial charge in [-0.05, 0) is 64.2 Å². The second-order valence-electron chi connectivity index (χ2n) is 20.3. The number of amides is 1. The summed E-state index contributed by atoms with van der Waals surface area (Å²) >= 11 is 0.